The molecule has 2 fully saturated rings. The van der Waals surface area contributed by atoms with E-state index < -0.39 is 12.4 Å². The van der Waals surface area contributed by atoms with Gasteiger partial charge in [-0.1, -0.05) is 0 Å². The Bertz CT molecular complexity index is 242. The molecule has 3 nitrogen and oxygen atoms in total. The molecule has 0 aromatic heterocycles. The van der Waals surface area contributed by atoms with Crippen molar-refractivity contribution in [2.24, 2.45) is 5.92 Å². The lowest BCUT2D eigenvalue weighted by atomic mass is 10.0. The molecule has 0 N–H and O–H groups in total. The Balaban J connectivity index is 2.24. The van der Waals surface area contributed by atoms with Gasteiger partial charge in [0.1, 0.15) is 5.72 Å². The molecule has 2 saturated heterocycles. The number of carbonyl (C=O) groups excluding carboxylic acids is 1. The Kier molecular flexibility index (Phi) is 1.84. The Morgan fingerprint density at radius 2 is 2.38 bits per heavy atom. The van der Waals surface area contributed by atoms with Crippen LogP contribution in [0.5, 0.6) is 0 Å². The molecular weight excluding hydrogens is 173 g/mol. The van der Waals surface area contributed by atoms with Gasteiger partial charge in [-0.3, -0.25) is 9.18 Å². The topological polar surface area (TPSA) is 29.5 Å². The first kappa shape index (κ1) is 8.94. The minimum atomic E-state index is -0.536. The maximum Gasteiger partial charge on any atom is 0.225 e. The summed E-state index contributed by atoms with van der Waals surface area (Å²) in [5, 5.41) is 0. The lowest BCUT2D eigenvalue weighted by Gasteiger charge is -2.29. The summed E-state index contributed by atoms with van der Waals surface area (Å²) in [7, 11) is 0. The van der Waals surface area contributed by atoms with Gasteiger partial charge < -0.3 is 9.64 Å². The van der Waals surface area contributed by atoms with Crippen LogP contribution in [-0.2, 0) is 9.53 Å². The first-order valence-corrected chi connectivity index (χ1v) is 4.58. The second-order valence-electron chi connectivity index (χ2n) is 4.21. The van der Waals surface area contributed by atoms with E-state index in [4.69, 9.17) is 4.74 Å². The van der Waals surface area contributed by atoms with Crippen molar-refractivity contribution in [2.45, 2.75) is 32.0 Å². The van der Waals surface area contributed by atoms with Crippen LogP contribution >= 0.6 is 0 Å². The molecule has 2 heterocycles. The third kappa shape index (κ3) is 1.15. The van der Waals surface area contributed by atoms with Crippen LogP contribution in [0.25, 0.3) is 0 Å². The molecule has 13 heavy (non-hydrogen) atoms. The molecule has 0 saturated carbocycles. The van der Waals surface area contributed by atoms with Crippen LogP contribution in [0.3, 0.4) is 0 Å². The van der Waals surface area contributed by atoms with E-state index in [1.165, 1.54) is 0 Å². The van der Waals surface area contributed by atoms with Crippen LogP contribution in [0.1, 0.15) is 20.3 Å². The van der Waals surface area contributed by atoms with Gasteiger partial charge in [-0.2, -0.15) is 0 Å². The molecular formula is C9H14FNO2. The highest BCUT2D eigenvalue weighted by atomic mass is 19.1. The average Bonchev–Trinajstić information content (AvgIpc) is 2.53. The molecule has 0 aromatic rings. The van der Waals surface area contributed by atoms with E-state index in [-0.39, 0.29) is 17.9 Å². The summed E-state index contributed by atoms with van der Waals surface area (Å²) in [6.45, 7) is 3.76. The number of alkyl halides is 1. The van der Waals surface area contributed by atoms with Crippen LogP contribution < -0.4 is 0 Å². The largest absolute Gasteiger partial charge is 0.354 e. The summed E-state index contributed by atoms with van der Waals surface area (Å²) in [5.41, 5.74) is -0.536. The van der Waals surface area contributed by atoms with Gasteiger partial charge in [0.2, 0.25) is 5.91 Å². The van der Waals surface area contributed by atoms with E-state index in [0.29, 0.717) is 13.0 Å². The molecule has 0 bridgehead atoms. The fourth-order valence-corrected chi connectivity index (χ4v) is 2.28. The highest BCUT2D eigenvalue weighted by Gasteiger charge is 2.51. The van der Waals surface area contributed by atoms with E-state index in [0.717, 1.165) is 0 Å². The van der Waals surface area contributed by atoms with E-state index in [9.17, 15) is 9.18 Å². The van der Waals surface area contributed by atoms with Gasteiger partial charge in [-0.25, -0.2) is 0 Å². The maximum atomic E-state index is 12.5. The Morgan fingerprint density at radius 3 is 3.00 bits per heavy atom. The molecule has 2 atom stereocenters. The highest BCUT2D eigenvalue weighted by Crippen LogP contribution is 2.38. The number of nitrogens with zero attached hydrogens (tertiary/aromatic N) is 1. The predicted octanol–water partition coefficient (Wildman–Crippen LogP) is 0.939. The molecule has 2 aliphatic heterocycles. The molecule has 74 valence electrons. The smallest absolute Gasteiger partial charge is 0.225 e. The zero-order valence-corrected chi connectivity index (χ0v) is 7.92. The van der Waals surface area contributed by atoms with E-state index >= 15 is 0 Å². The highest BCUT2D eigenvalue weighted by molar-refractivity contribution is 5.80. The van der Waals surface area contributed by atoms with Crippen molar-refractivity contribution in [3.8, 4) is 0 Å². The van der Waals surface area contributed by atoms with Crippen molar-refractivity contribution in [3.63, 3.8) is 0 Å². The first-order chi connectivity index (χ1) is 6.06. The number of ether oxygens (including phenoxy) is 1. The monoisotopic (exact) mass is 187 g/mol. The Hall–Kier alpha value is -0.640. The number of fused-ring (bicyclic) bond motifs is 1. The van der Waals surface area contributed by atoms with Gasteiger partial charge in [0, 0.05) is 12.3 Å². The molecule has 1 amide bonds. The predicted molar refractivity (Wildman–Crippen MR) is 44.7 cm³/mol. The molecule has 0 spiro atoms. The van der Waals surface area contributed by atoms with Gasteiger partial charge in [0.15, 0.2) is 0 Å². The fourth-order valence-electron chi connectivity index (χ4n) is 2.28. The summed E-state index contributed by atoms with van der Waals surface area (Å²) >= 11 is 0. The van der Waals surface area contributed by atoms with Crippen LogP contribution in [0.4, 0.5) is 4.39 Å². The van der Waals surface area contributed by atoms with E-state index in [1.807, 2.05) is 13.8 Å². The molecule has 0 aromatic carbocycles. The Morgan fingerprint density at radius 1 is 1.69 bits per heavy atom. The molecule has 2 rings (SSSR count). The summed E-state index contributed by atoms with van der Waals surface area (Å²) in [6.07, 6.45) is 0.341. The average molecular weight is 187 g/mol. The minimum absolute atomic E-state index is 0.0233. The van der Waals surface area contributed by atoms with Gasteiger partial charge in [0.05, 0.1) is 19.3 Å². The van der Waals surface area contributed by atoms with Crippen molar-refractivity contribution in [2.75, 3.05) is 13.3 Å². The zero-order chi connectivity index (χ0) is 9.64. The second-order valence-corrected chi connectivity index (χ2v) is 4.21. The van der Waals surface area contributed by atoms with Crippen LogP contribution in [0.15, 0.2) is 0 Å². The number of hydrogen-bond acceptors (Lipinski definition) is 2. The minimum Gasteiger partial charge on any atom is -0.354 e. The van der Waals surface area contributed by atoms with Crippen LogP contribution in [-0.4, -0.2) is 35.9 Å². The number of amides is 1. The van der Waals surface area contributed by atoms with Crippen LogP contribution in [0.2, 0.25) is 0 Å². The maximum absolute atomic E-state index is 12.5. The lowest BCUT2D eigenvalue weighted by molar-refractivity contribution is -0.141. The fraction of sp³-hybridized carbons (Fsp3) is 0.889. The van der Waals surface area contributed by atoms with Crippen molar-refractivity contribution in [1.29, 1.82) is 0 Å². The number of hydrogen-bond donors (Lipinski definition) is 0. The first-order valence-electron chi connectivity index (χ1n) is 4.58. The third-order valence-corrected chi connectivity index (χ3v) is 2.97. The van der Waals surface area contributed by atoms with E-state index in [1.54, 1.807) is 4.90 Å². The van der Waals surface area contributed by atoms with Gasteiger partial charge in [-0.05, 0) is 13.8 Å². The summed E-state index contributed by atoms with van der Waals surface area (Å²) in [4.78, 5) is 13.2. The van der Waals surface area contributed by atoms with Crippen molar-refractivity contribution in [1.82, 2.24) is 4.90 Å². The molecule has 2 unspecified atom stereocenters. The van der Waals surface area contributed by atoms with Crippen LogP contribution in [0, 0.1) is 5.92 Å². The quantitative estimate of drug-likeness (QED) is 0.611. The number of halogens is 1. The Labute approximate surface area is 76.8 Å². The molecule has 2 aliphatic rings. The second kappa shape index (κ2) is 2.67. The summed E-state index contributed by atoms with van der Waals surface area (Å²) in [5.74, 6) is -0.135. The van der Waals surface area contributed by atoms with Gasteiger partial charge in [0.25, 0.3) is 0 Å². The lowest BCUT2D eigenvalue weighted by Crippen LogP contribution is -2.44. The summed E-state index contributed by atoms with van der Waals surface area (Å²) in [6, 6.07) is -0.0347. The number of carbonyl (C=O) groups is 1. The van der Waals surface area contributed by atoms with Gasteiger partial charge in [-0.15, -0.1) is 0 Å². The van der Waals surface area contributed by atoms with Gasteiger partial charge >= 0.3 is 0 Å². The molecule has 4 heteroatoms. The molecule has 0 aliphatic carbocycles. The molecule has 0 radical (unpaired) electrons. The SMILES string of the molecule is CC1(C)OCC2C(CF)CC(=O)N21. The number of rotatable bonds is 1. The zero-order valence-electron chi connectivity index (χ0n) is 7.92. The standard InChI is InChI=1S/C9H14FNO2/c1-9(2)11-7(5-13-9)6(4-10)3-8(11)12/h6-7H,3-5H2,1-2H3. The van der Waals surface area contributed by atoms with Crippen molar-refractivity contribution in [3.05, 3.63) is 0 Å². The normalized spacial score (nSPS) is 36.8. The van der Waals surface area contributed by atoms with E-state index in [2.05, 4.69) is 0 Å². The van der Waals surface area contributed by atoms with Crippen molar-refractivity contribution < 1.29 is 13.9 Å². The van der Waals surface area contributed by atoms with Crippen molar-refractivity contribution >= 4 is 5.91 Å². The summed E-state index contributed by atoms with van der Waals surface area (Å²) < 4.78 is 18.0. The third-order valence-electron chi connectivity index (χ3n) is 2.97.